The number of rotatable bonds is 9. The standard InChI is InChI=1S/C29H31F4N3O3/c1-38-25-16-22(15-23(17-25)29(31,32)33)28(37)36-12-11-35(10-4-6-20-5-3-9-34-18-20)19-24(36)13-21-7-8-26(30)27(14-21)39-2/h3,5,7-9,14-18,24H,4,6,10-13,19H2,1-2H3/t24-/m1/s1. The van der Waals surface area contributed by atoms with Crippen molar-refractivity contribution in [2.75, 3.05) is 40.4 Å². The highest BCUT2D eigenvalue weighted by Gasteiger charge is 2.35. The Kier molecular flexibility index (Phi) is 9.06. The van der Waals surface area contributed by atoms with Crippen LogP contribution in [0.15, 0.2) is 60.9 Å². The van der Waals surface area contributed by atoms with Crippen LogP contribution in [-0.2, 0) is 19.0 Å². The van der Waals surface area contributed by atoms with Crippen LogP contribution >= 0.6 is 0 Å². The fourth-order valence-electron chi connectivity index (χ4n) is 4.89. The normalized spacial score (nSPS) is 16.3. The molecule has 0 radical (unpaired) electrons. The number of carbonyl (C=O) groups is 1. The number of nitrogens with zero attached hydrogens (tertiary/aromatic N) is 3. The Balaban J connectivity index is 1.56. The van der Waals surface area contributed by atoms with E-state index < -0.39 is 23.5 Å². The van der Waals surface area contributed by atoms with E-state index in [4.69, 9.17) is 9.47 Å². The van der Waals surface area contributed by atoms with E-state index in [2.05, 4.69) is 9.88 Å². The lowest BCUT2D eigenvalue weighted by Crippen LogP contribution is -2.56. The fourth-order valence-corrected chi connectivity index (χ4v) is 4.89. The number of hydrogen-bond donors (Lipinski definition) is 0. The van der Waals surface area contributed by atoms with Gasteiger partial charge in [0.1, 0.15) is 5.75 Å². The average Bonchev–Trinajstić information content (AvgIpc) is 2.93. The number of aromatic nitrogens is 1. The highest BCUT2D eigenvalue weighted by Crippen LogP contribution is 2.33. The van der Waals surface area contributed by atoms with E-state index in [1.807, 2.05) is 18.3 Å². The summed E-state index contributed by atoms with van der Waals surface area (Å²) in [5.74, 6) is -0.946. The molecule has 2 heterocycles. The van der Waals surface area contributed by atoms with E-state index in [1.54, 1.807) is 23.2 Å². The van der Waals surface area contributed by atoms with Gasteiger partial charge in [-0.15, -0.1) is 0 Å². The molecule has 2 aromatic carbocycles. The summed E-state index contributed by atoms with van der Waals surface area (Å²) in [6.45, 7) is 2.23. The molecule has 0 saturated carbocycles. The third kappa shape index (κ3) is 7.26. The maximum absolute atomic E-state index is 14.0. The summed E-state index contributed by atoms with van der Waals surface area (Å²) < 4.78 is 64.7. The Labute approximate surface area is 225 Å². The van der Waals surface area contributed by atoms with Gasteiger partial charge in [0.15, 0.2) is 11.6 Å². The van der Waals surface area contributed by atoms with Crippen LogP contribution in [0.1, 0.15) is 33.5 Å². The molecule has 1 saturated heterocycles. The molecular formula is C29H31F4N3O3. The zero-order valence-corrected chi connectivity index (χ0v) is 21.9. The summed E-state index contributed by atoms with van der Waals surface area (Å²) in [6, 6.07) is 11.2. The molecule has 39 heavy (non-hydrogen) atoms. The molecule has 3 aromatic rings. The average molecular weight is 546 g/mol. The molecule has 10 heteroatoms. The fraction of sp³-hybridized carbons (Fsp3) is 0.379. The Hall–Kier alpha value is -3.66. The van der Waals surface area contributed by atoms with Gasteiger partial charge < -0.3 is 14.4 Å². The third-order valence-corrected chi connectivity index (χ3v) is 6.89. The van der Waals surface area contributed by atoms with E-state index in [-0.39, 0.29) is 23.1 Å². The van der Waals surface area contributed by atoms with Crippen molar-refractivity contribution in [1.82, 2.24) is 14.8 Å². The van der Waals surface area contributed by atoms with Gasteiger partial charge in [0.05, 0.1) is 19.8 Å². The van der Waals surface area contributed by atoms with Crippen LogP contribution in [0.25, 0.3) is 0 Å². The smallest absolute Gasteiger partial charge is 0.416 e. The zero-order valence-electron chi connectivity index (χ0n) is 21.9. The number of aryl methyl sites for hydroxylation is 1. The number of hydrogen-bond acceptors (Lipinski definition) is 5. The minimum absolute atomic E-state index is 0.0398. The molecule has 6 nitrogen and oxygen atoms in total. The summed E-state index contributed by atoms with van der Waals surface area (Å²) in [4.78, 5) is 21.6. The van der Waals surface area contributed by atoms with Gasteiger partial charge in [-0.25, -0.2) is 4.39 Å². The lowest BCUT2D eigenvalue weighted by atomic mass is 9.99. The van der Waals surface area contributed by atoms with Crippen LogP contribution in [-0.4, -0.2) is 67.1 Å². The zero-order chi connectivity index (χ0) is 28.0. The second-order valence-electron chi connectivity index (χ2n) is 9.54. The number of ether oxygens (including phenoxy) is 2. The quantitative estimate of drug-likeness (QED) is 0.344. The lowest BCUT2D eigenvalue weighted by molar-refractivity contribution is -0.137. The van der Waals surface area contributed by atoms with Crippen molar-refractivity contribution in [3.63, 3.8) is 0 Å². The first-order valence-electron chi connectivity index (χ1n) is 12.7. The van der Waals surface area contributed by atoms with E-state index in [0.29, 0.717) is 26.1 Å². The van der Waals surface area contributed by atoms with Crippen molar-refractivity contribution in [3.8, 4) is 11.5 Å². The summed E-state index contributed by atoms with van der Waals surface area (Å²) in [7, 11) is 2.64. The first kappa shape index (κ1) is 28.4. The first-order chi connectivity index (χ1) is 18.7. The molecule has 1 aromatic heterocycles. The van der Waals surface area contributed by atoms with E-state index in [1.165, 1.54) is 26.4 Å². The van der Waals surface area contributed by atoms with Crippen LogP contribution in [0.4, 0.5) is 17.6 Å². The number of carbonyl (C=O) groups excluding carboxylic acids is 1. The van der Waals surface area contributed by atoms with E-state index >= 15 is 0 Å². The molecule has 0 unspecified atom stereocenters. The van der Waals surface area contributed by atoms with Gasteiger partial charge in [-0.3, -0.25) is 14.7 Å². The lowest BCUT2D eigenvalue weighted by Gasteiger charge is -2.42. The molecule has 1 fully saturated rings. The Morgan fingerprint density at radius 3 is 2.56 bits per heavy atom. The number of benzene rings is 2. The van der Waals surface area contributed by atoms with Gasteiger partial charge in [0.25, 0.3) is 5.91 Å². The number of methoxy groups -OCH3 is 2. The van der Waals surface area contributed by atoms with Gasteiger partial charge in [0.2, 0.25) is 0 Å². The third-order valence-electron chi connectivity index (χ3n) is 6.89. The van der Waals surface area contributed by atoms with E-state index in [0.717, 1.165) is 42.6 Å². The highest BCUT2D eigenvalue weighted by molar-refractivity contribution is 5.95. The molecule has 1 atom stereocenters. The molecule has 208 valence electrons. The molecule has 0 N–H and O–H groups in total. The van der Waals surface area contributed by atoms with Crippen molar-refractivity contribution in [2.24, 2.45) is 0 Å². The van der Waals surface area contributed by atoms with Crippen LogP contribution in [0.2, 0.25) is 0 Å². The minimum Gasteiger partial charge on any atom is -0.497 e. The number of pyridine rings is 1. The summed E-state index contributed by atoms with van der Waals surface area (Å²) >= 11 is 0. The molecular weight excluding hydrogens is 514 g/mol. The Bertz CT molecular complexity index is 1270. The SMILES string of the molecule is COc1cc(C(=O)N2CCN(CCCc3cccnc3)C[C@H]2Cc2ccc(F)c(OC)c2)cc(C(F)(F)F)c1. The molecule has 0 aliphatic carbocycles. The number of piperazine rings is 1. The maximum atomic E-state index is 14.0. The van der Waals surface area contributed by atoms with Gasteiger partial charge in [0, 0.05) is 43.6 Å². The number of halogens is 4. The van der Waals surface area contributed by atoms with Crippen molar-refractivity contribution < 1.29 is 31.8 Å². The van der Waals surface area contributed by atoms with Crippen molar-refractivity contribution in [3.05, 3.63) is 89.0 Å². The predicted octanol–water partition coefficient (Wildman–Crippen LogP) is 5.26. The van der Waals surface area contributed by atoms with Gasteiger partial charge >= 0.3 is 6.18 Å². The maximum Gasteiger partial charge on any atom is 0.416 e. The topological polar surface area (TPSA) is 54.9 Å². The number of alkyl halides is 3. The second-order valence-corrected chi connectivity index (χ2v) is 9.54. The van der Waals surface area contributed by atoms with Gasteiger partial charge in [-0.1, -0.05) is 12.1 Å². The molecule has 0 spiro atoms. The van der Waals surface area contributed by atoms with Crippen molar-refractivity contribution >= 4 is 5.91 Å². The number of amides is 1. The Morgan fingerprint density at radius 2 is 1.87 bits per heavy atom. The molecule has 0 bridgehead atoms. The van der Waals surface area contributed by atoms with Crippen molar-refractivity contribution in [1.29, 1.82) is 0 Å². The van der Waals surface area contributed by atoms with Crippen LogP contribution in [0.5, 0.6) is 11.5 Å². The largest absolute Gasteiger partial charge is 0.497 e. The van der Waals surface area contributed by atoms with E-state index in [9.17, 15) is 22.4 Å². The molecule has 4 rings (SSSR count). The highest BCUT2D eigenvalue weighted by atomic mass is 19.4. The minimum atomic E-state index is -4.62. The Morgan fingerprint density at radius 1 is 1.05 bits per heavy atom. The van der Waals surface area contributed by atoms with Crippen LogP contribution in [0.3, 0.4) is 0 Å². The molecule has 1 aliphatic rings. The van der Waals surface area contributed by atoms with Crippen molar-refractivity contribution in [2.45, 2.75) is 31.5 Å². The molecule has 1 amide bonds. The monoisotopic (exact) mass is 545 g/mol. The summed E-state index contributed by atoms with van der Waals surface area (Å²) in [5.41, 5.74) is 0.863. The molecule has 1 aliphatic heterocycles. The summed E-state index contributed by atoms with van der Waals surface area (Å²) in [6.07, 6.45) is 1.08. The predicted molar refractivity (Wildman–Crippen MR) is 138 cm³/mol. The summed E-state index contributed by atoms with van der Waals surface area (Å²) in [5, 5.41) is 0. The second kappa shape index (κ2) is 12.5. The van der Waals surface area contributed by atoms with Gasteiger partial charge in [-0.05, 0) is 73.3 Å². The first-order valence-corrected chi connectivity index (χ1v) is 12.7. The van der Waals surface area contributed by atoms with Gasteiger partial charge in [-0.2, -0.15) is 13.2 Å². The van der Waals surface area contributed by atoms with Crippen LogP contribution < -0.4 is 9.47 Å². The van der Waals surface area contributed by atoms with Crippen LogP contribution in [0, 0.1) is 5.82 Å².